The third-order valence-electron chi connectivity index (χ3n) is 3.93. The molecule has 1 aliphatic rings. The summed E-state index contributed by atoms with van der Waals surface area (Å²) in [6, 6.07) is 2.05. The lowest BCUT2D eigenvalue weighted by atomic mass is 9.97. The Kier molecular flexibility index (Phi) is 4.08. The van der Waals surface area contributed by atoms with E-state index in [1.165, 1.54) is 11.1 Å². The van der Waals surface area contributed by atoms with Gasteiger partial charge in [-0.15, -0.1) is 0 Å². The summed E-state index contributed by atoms with van der Waals surface area (Å²) in [7, 11) is 0. The predicted molar refractivity (Wildman–Crippen MR) is 76.1 cm³/mol. The predicted octanol–water partition coefficient (Wildman–Crippen LogP) is 1.98. The molecule has 5 heteroatoms. The number of aryl methyl sites for hydroxylation is 1. The lowest BCUT2D eigenvalue weighted by Gasteiger charge is -2.18. The highest BCUT2D eigenvalue weighted by molar-refractivity contribution is 5.21. The van der Waals surface area contributed by atoms with Gasteiger partial charge in [0.05, 0.1) is 12.3 Å². The molecule has 2 aromatic heterocycles. The van der Waals surface area contributed by atoms with E-state index in [0.29, 0.717) is 5.92 Å². The van der Waals surface area contributed by atoms with E-state index in [2.05, 4.69) is 27.4 Å². The third-order valence-corrected chi connectivity index (χ3v) is 3.93. The van der Waals surface area contributed by atoms with Crippen LogP contribution in [0, 0.1) is 12.8 Å². The number of ether oxygens (including phenoxy) is 1. The summed E-state index contributed by atoms with van der Waals surface area (Å²) in [5.41, 5.74) is 3.68. The summed E-state index contributed by atoms with van der Waals surface area (Å²) in [6.45, 7) is 4.75. The van der Waals surface area contributed by atoms with Crippen LogP contribution in [-0.4, -0.2) is 28.3 Å². The van der Waals surface area contributed by atoms with Crippen LogP contribution in [0.15, 0.2) is 30.9 Å². The molecule has 0 bridgehead atoms. The standard InChI is InChI=1S/C15H20N4O/c1-11-2-4-16-7-13(11)8-17-6-12-3-5-20-15(12)14-9-18-19-10-14/h2,4,7,9-10,12,15,17H,3,5-6,8H2,1H3,(H,18,19)/t12-,15+/m1/s1. The van der Waals surface area contributed by atoms with E-state index < -0.39 is 0 Å². The maximum absolute atomic E-state index is 5.82. The van der Waals surface area contributed by atoms with Crippen molar-refractivity contribution < 1.29 is 4.74 Å². The van der Waals surface area contributed by atoms with E-state index in [0.717, 1.165) is 31.7 Å². The molecule has 2 N–H and O–H groups in total. The van der Waals surface area contributed by atoms with Crippen LogP contribution in [0.3, 0.4) is 0 Å². The van der Waals surface area contributed by atoms with Gasteiger partial charge in [0.1, 0.15) is 0 Å². The summed E-state index contributed by atoms with van der Waals surface area (Å²) >= 11 is 0. The summed E-state index contributed by atoms with van der Waals surface area (Å²) < 4.78 is 5.82. The average molecular weight is 272 g/mol. The van der Waals surface area contributed by atoms with Crippen LogP contribution in [-0.2, 0) is 11.3 Å². The van der Waals surface area contributed by atoms with Gasteiger partial charge < -0.3 is 10.1 Å². The smallest absolute Gasteiger partial charge is 0.0896 e. The first kappa shape index (κ1) is 13.3. The molecule has 3 rings (SSSR count). The summed E-state index contributed by atoms with van der Waals surface area (Å²) in [5.74, 6) is 0.504. The van der Waals surface area contributed by atoms with Crippen molar-refractivity contribution in [3.63, 3.8) is 0 Å². The number of pyridine rings is 1. The highest BCUT2D eigenvalue weighted by Crippen LogP contribution is 2.33. The number of hydrogen-bond donors (Lipinski definition) is 2. The lowest BCUT2D eigenvalue weighted by molar-refractivity contribution is 0.0905. The van der Waals surface area contributed by atoms with Crippen LogP contribution < -0.4 is 5.32 Å². The molecule has 2 atom stereocenters. The summed E-state index contributed by atoms with van der Waals surface area (Å²) in [4.78, 5) is 4.17. The van der Waals surface area contributed by atoms with Crippen molar-refractivity contribution >= 4 is 0 Å². The number of H-pyrrole nitrogens is 1. The Hall–Kier alpha value is -1.72. The fourth-order valence-corrected chi connectivity index (χ4v) is 2.70. The van der Waals surface area contributed by atoms with E-state index >= 15 is 0 Å². The van der Waals surface area contributed by atoms with E-state index in [9.17, 15) is 0 Å². The second kappa shape index (κ2) is 6.15. The highest BCUT2D eigenvalue weighted by Gasteiger charge is 2.29. The Morgan fingerprint density at radius 2 is 2.40 bits per heavy atom. The Balaban J connectivity index is 1.54. The number of nitrogens with zero attached hydrogens (tertiary/aromatic N) is 2. The maximum Gasteiger partial charge on any atom is 0.0896 e. The number of rotatable bonds is 5. The fourth-order valence-electron chi connectivity index (χ4n) is 2.70. The molecule has 0 saturated carbocycles. The molecular formula is C15H20N4O. The van der Waals surface area contributed by atoms with Crippen molar-refractivity contribution in [1.82, 2.24) is 20.5 Å². The minimum Gasteiger partial charge on any atom is -0.373 e. The van der Waals surface area contributed by atoms with Gasteiger partial charge in [-0.2, -0.15) is 5.10 Å². The Bertz CT molecular complexity index is 541. The Morgan fingerprint density at radius 3 is 3.20 bits per heavy atom. The number of hydrogen-bond acceptors (Lipinski definition) is 4. The Morgan fingerprint density at radius 1 is 1.45 bits per heavy atom. The highest BCUT2D eigenvalue weighted by atomic mass is 16.5. The van der Waals surface area contributed by atoms with Crippen LogP contribution in [0.5, 0.6) is 0 Å². The van der Waals surface area contributed by atoms with Crippen LogP contribution >= 0.6 is 0 Å². The van der Waals surface area contributed by atoms with E-state index in [1.54, 1.807) is 0 Å². The molecule has 0 amide bonds. The molecule has 20 heavy (non-hydrogen) atoms. The van der Waals surface area contributed by atoms with E-state index in [4.69, 9.17) is 4.74 Å². The zero-order valence-electron chi connectivity index (χ0n) is 11.7. The summed E-state index contributed by atoms with van der Waals surface area (Å²) in [6.07, 6.45) is 8.80. The van der Waals surface area contributed by atoms with Crippen LogP contribution in [0.1, 0.15) is 29.2 Å². The van der Waals surface area contributed by atoms with Gasteiger partial charge in [0.2, 0.25) is 0 Å². The average Bonchev–Trinajstić information content (AvgIpc) is 3.11. The van der Waals surface area contributed by atoms with Crippen molar-refractivity contribution in [3.8, 4) is 0 Å². The van der Waals surface area contributed by atoms with Crippen molar-refractivity contribution in [1.29, 1.82) is 0 Å². The lowest BCUT2D eigenvalue weighted by Crippen LogP contribution is -2.24. The third kappa shape index (κ3) is 2.89. The van der Waals surface area contributed by atoms with Gasteiger partial charge in [0.15, 0.2) is 0 Å². The van der Waals surface area contributed by atoms with Gasteiger partial charge >= 0.3 is 0 Å². The molecule has 5 nitrogen and oxygen atoms in total. The second-order valence-electron chi connectivity index (χ2n) is 5.30. The first-order chi connectivity index (χ1) is 9.84. The SMILES string of the molecule is Cc1ccncc1CNC[C@H]1CCO[C@@H]1c1cn[nH]c1. The van der Waals surface area contributed by atoms with Gasteiger partial charge in [-0.25, -0.2) is 0 Å². The van der Waals surface area contributed by atoms with Crippen molar-refractivity contribution in [2.75, 3.05) is 13.2 Å². The largest absolute Gasteiger partial charge is 0.373 e. The van der Waals surface area contributed by atoms with Crippen LogP contribution in [0.25, 0.3) is 0 Å². The minimum absolute atomic E-state index is 0.163. The molecule has 1 saturated heterocycles. The first-order valence-corrected chi connectivity index (χ1v) is 7.05. The van der Waals surface area contributed by atoms with Crippen molar-refractivity contribution in [2.45, 2.75) is 26.0 Å². The van der Waals surface area contributed by atoms with E-state index in [1.807, 2.05) is 30.9 Å². The molecule has 1 fully saturated rings. The van der Waals surface area contributed by atoms with Gasteiger partial charge in [-0.3, -0.25) is 10.1 Å². The topological polar surface area (TPSA) is 62.8 Å². The van der Waals surface area contributed by atoms with Crippen LogP contribution in [0.4, 0.5) is 0 Å². The van der Waals surface area contributed by atoms with Crippen molar-refractivity contribution in [3.05, 3.63) is 47.5 Å². The van der Waals surface area contributed by atoms with Gasteiger partial charge in [-0.05, 0) is 30.5 Å². The molecule has 1 aliphatic heterocycles. The second-order valence-corrected chi connectivity index (χ2v) is 5.30. The molecule has 2 aromatic rings. The van der Waals surface area contributed by atoms with Crippen LogP contribution in [0.2, 0.25) is 0 Å². The number of nitrogens with one attached hydrogen (secondary N) is 2. The minimum atomic E-state index is 0.163. The van der Waals surface area contributed by atoms with Crippen molar-refractivity contribution in [2.24, 2.45) is 5.92 Å². The quantitative estimate of drug-likeness (QED) is 0.873. The molecule has 0 aromatic carbocycles. The molecule has 3 heterocycles. The zero-order valence-corrected chi connectivity index (χ0v) is 11.7. The molecule has 0 radical (unpaired) electrons. The Labute approximate surface area is 118 Å². The molecule has 106 valence electrons. The van der Waals surface area contributed by atoms with Gasteiger partial charge in [0, 0.05) is 49.8 Å². The number of aromatic nitrogens is 3. The first-order valence-electron chi connectivity index (χ1n) is 7.05. The van der Waals surface area contributed by atoms with E-state index in [-0.39, 0.29) is 6.10 Å². The monoisotopic (exact) mass is 272 g/mol. The van der Waals surface area contributed by atoms with Gasteiger partial charge in [-0.1, -0.05) is 0 Å². The van der Waals surface area contributed by atoms with Gasteiger partial charge in [0.25, 0.3) is 0 Å². The molecule has 0 unspecified atom stereocenters. The number of aromatic amines is 1. The molecule has 0 aliphatic carbocycles. The maximum atomic E-state index is 5.82. The molecule has 0 spiro atoms. The summed E-state index contributed by atoms with van der Waals surface area (Å²) in [5, 5.41) is 10.4. The fraction of sp³-hybridized carbons (Fsp3) is 0.467. The normalized spacial score (nSPS) is 22.2. The molecular weight excluding hydrogens is 252 g/mol. The zero-order chi connectivity index (χ0) is 13.8.